The van der Waals surface area contributed by atoms with Crippen molar-refractivity contribution in [1.82, 2.24) is 9.80 Å². The molecule has 2 atom stereocenters. The summed E-state index contributed by atoms with van der Waals surface area (Å²) in [6.07, 6.45) is 3.60. The van der Waals surface area contributed by atoms with Crippen molar-refractivity contribution < 1.29 is 14.3 Å². The maximum atomic E-state index is 11.7. The van der Waals surface area contributed by atoms with Crippen molar-refractivity contribution in [3.63, 3.8) is 0 Å². The monoisotopic (exact) mass is 298 g/mol. The van der Waals surface area contributed by atoms with Crippen LogP contribution in [0.5, 0.6) is 0 Å². The SMILES string of the molecule is CC.CC(C)(C)OC=O.CN1C2CC1C(=O)N(C1CC1)C2. The van der Waals surface area contributed by atoms with Crippen molar-refractivity contribution in [1.29, 1.82) is 0 Å². The maximum Gasteiger partial charge on any atom is 0.293 e. The molecule has 3 saturated heterocycles. The van der Waals surface area contributed by atoms with Gasteiger partial charge in [-0.1, -0.05) is 13.8 Å². The smallest absolute Gasteiger partial charge is 0.293 e. The van der Waals surface area contributed by atoms with E-state index in [4.69, 9.17) is 0 Å². The largest absolute Gasteiger partial charge is 0.462 e. The van der Waals surface area contributed by atoms with E-state index in [-0.39, 0.29) is 11.6 Å². The summed E-state index contributed by atoms with van der Waals surface area (Å²) in [6.45, 7) is 10.9. The van der Waals surface area contributed by atoms with Gasteiger partial charge in [0, 0.05) is 18.6 Å². The number of piperidine rings is 1. The predicted molar refractivity (Wildman–Crippen MR) is 82.9 cm³/mol. The quantitative estimate of drug-likeness (QED) is 0.732. The number of rotatable bonds is 2. The van der Waals surface area contributed by atoms with Gasteiger partial charge in [0.15, 0.2) is 0 Å². The average Bonchev–Trinajstić information content (AvgIpc) is 3.24. The summed E-state index contributed by atoms with van der Waals surface area (Å²) in [6, 6.07) is 1.54. The Kier molecular flexibility index (Phi) is 6.20. The number of ether oxygens (including phenoxy) is 1. The standard InChI is InChI=1S/C9H14N2O.C5H10O2.C2H6/c1-10-7-4-8(10)9(12)11(5-7)6-2-3-6;1-5(2,3)7-4-6;1-2/h6-8H,2-5H2,1H3;4H,1-3H3;1-2H3. The first-order valence-corrected chi connectivity index (χ1v) is 7.97. The highest BCUT2D eigenvalue weighted by atomic mass is 16.5. The van der Waals surface area contributed by atoms with Gasteiger partial charge in [0.05, 0.1) is 6.04 Å². The van der Waals surface area contributed by atoms with Gasteiger partial charge < -0.3 is 9.64 Å². The highest BCUT2D eigenvalue weighted by Gasteiger charge is 2.51. The first-order chi connectivity index (χ1) is 9.83. The predicted octanol–water partition coefficient (Wildman–Crippen LogP) is 2.05. The van der Waals surface area contributed by atoms with Gasteiger partial charge in [0.1, 0.15) is 5.60 Å². The first-order valence-electron chi connectivity index (χ1n) is 7.97. The molecule has 1 amide bonds. The number of hydrogen-bond acceptors (Lipinski definition) is 4. The number of hydrogen-bond donors (Lipinski definition) is 0. The van der Waals surface area contributed by atoms with Crippen molar-refractivity contribution >= 4 is 12.4 Å². The zero-order valence-corrected chi connectivity index (χ0v) is 14.3. The Balaban J connectivity index is 0.000000214. The van der Waals surface area contributed by atoms with Gasteiger partial charge in [-0.25, -0.2) is 0 Å². The Bertz CT molecular complexity index is 361. The Morgan fingerprint density at radius 2 is 1.76 bits per heavy atom. The second kappa shape index (κ2) is 7.25. The minimum atomic E-state index is -0.318. The number of amides is 1. The normalized spacial score (nSPS) is 27.5. The van der Waals surface area contributed by atoms with Crippen LogP contribution in [0.4, 0.5) is 0 Å². The van der Waals surface area contributed by atoms with Crippen LogP contribution in [0.3, 0.4) is 0 Å². The Hall–Kier alpha value is -1.10. The lowest BCUT2D eigenvalue weighted by Crippen LogP contribution is -2.70. The molecule has 1 saturated carbocycles. The van der Waals surface area contributed by atoms with Gasteiger partial charge in [-0.2, -0.15) is 0 Å². The molecule has 3 heterocycles. The summed E-state index contributed by atoms with van der Waals surface area (Å²) >= 11 is 0. The third kappa shape index (κ3) is 4.70. The zero-order chi connectivity index (χ0) is 16.2. The zero-order valence-electron chi connectivity index (χ0n) is 14.3. The van der Waals surface area contributed by atoms with E-state index in [1.54, 1.807) is 0 Å². The molecule has 4 fully saturated rings. The molecule has 2 unspecified atom stereocenters. The van der Waals surface area contributed by atoms with Crippen molar-refractivity contribution in [2.75, 3.05) is 13.6 Å². The number of likely N-dealkylation sites (N-methyl/N-ethyl adjacent to an activating group) is 1. The van der Waals surface area contributed by atoms with E-state index in [1.165, 1.54) is 12.8 Å². The topological polar surface area (TPSA) is 49.9 Å². The fourth-order valence-electron chi connectivity index (χ4n) is 2.55. The van der Waals surface area contributed by atoms with Crippen LogP contribution in [0, 0.1) is 0 Å². The average molecular weight is 298 g/mol. The van der Waals surface area contributed by atoms with E-state index in [2.05, 4.69) is 21.6 Å². The van der Waals surface area contributed by atoms with Gasteiger partial charge in [-0.05, 0) is 47.1 Å². The maximum absolute atomic E-state index is 11.7. The van der Waals surface area contributed by atoms with Crippen LogP contribution in [0.15, 0.2) is 0 Å². The lowest BCUT2D eigenvalue weighted by molar-refractivity contribution is -0.157. The molecular formula is C16H30N2O3. The molecule has 21 heavy (non-hydrogen) atoms. The summed E-state index contributed by atoms with van der Waals surface area (Å²) in [5, 5.41) is 0. The summed E-state index contributed by atoms with van der Waals surface area (Å²) < 4.78 is 4.55. The fraction of sp³-hybridized carbons (Fsp3) is 0.875. The molecule has 5 heteroatoms. The summed E-state index contributed by atoms with van der Waals surface area (Å²) in [5.41, 5.74) is -0.318. The fourth-order valence-corrected chi connectivity index (χ4v) is 2.55. The molecule has 0 radical (unpaired) electrons. The number of carbonyl (C=O) groups excluding carboxylic acids is 2. The third-order valence-corrected chi connectivity index (χ3v) is 3.93. The molecule has 0 aromatic rings. The minimum Gasteiger partial charge on any atom is -0.462 e. The Labute approximate surface area is 128 Å². The number of piperazine rings is 1. The molecule has 0 N–H and O–H groups in total. The lowest BCUT2D eigenvalue weighted by Gasteiger charge is -2.53. The third-order valence-electron chi connectivity index (χ3n) is 3.93. The lowest BCUT2D eigenvalue weighted by atomic mass is 9.87. The van der Waals surface area contributed by atoms with E-state index in [9.17, 15) is 9.59 Å². The first kappa shape index (κ1) is 18.0. The number of nitrogens with zero attached hydrogens (tertiary/aromatic N) is 2. The van der Waals surface area contributed by atoms with E-state index in [1.807, 2.05) is 34.6 Å². The van der Waals surface area contributed by atoms with Crippen LogP contribution < -0.4 is 0 Å². The minimum absolute atomic E-state index is 0.240. The number of fused-ring (bicyclic) bond motifs is 2. The molecule has 4 aliphatic rings. The Morgan fingerprint density at radius 3 is 2.05 bits per heavy atom. The molecule has 4 rings (SSSR count). The van der Waals surface area contributed by atoms with Crippen LogP contribution in [0.2, 0.25) is 0 Å². The van der Waals surface area contributed by atoms with Gasteiger partial charge in [-0.15, -0.1) is 0 Å². The highest BCUT2D eigenvalue weighted by molar-refractivity contribution is 5.85. The van der Waals surface area contributed by atoms with Crippen LogP contribution in [-0.4, -0.2) is 59.5 Å². The highest BCUT2D eigenvalue weighted by Crippen LogP contribution is 2.37. The second-order valence-corrected chi connectivity index (χ2v) is 6.62. The molecule has 3 aliphatic heterocycles. The molecular weight excluding hydrogens is 268 g/mol. The van der Waals surface area contributed by atoms with Crippen LogP contribution in [0.25, 0.3) is 0 Å². The molecule has 1 aliphatic carbocycles. The molecule has 0 aromatic heterocycles. The van der Waals surface area contributed by atoms with E-state index < -0.39 is 0 Å². The van der Waals surface area contributed by atoms with Gasteiger partial charge >= 0.3 is 0 Å². The van der Waals surface area contributed by atoms with Crippen LogP contribution in [0.1, 0.15) is 53.9 Å². The second-order valence-electron chi connectivity index (χ2n) is 6.62. The van der Waals surface area contributed by atoms with Crippen LogP contribution >= 0.6 is 0 Å². The van der Waals surface area contributed by atoms with Crippen molar-refractivity contribution in [2.24, 2.45) is 0 Å². The number of carbonyl (C=O) groups is 2. The molecule has 0 spiro atoms. The summed E-state index contributed by atoms with van der Waals surface area (Å²) in [5.74, 6) is 0.391. The molecule has 5 nitrogen and oxygen atoms in total. The van der Waals surface area contributed by atoms with Crippen LogP contribution in [-0.2, 0) is 14.3 Å². The van der Waals surface area contributed by atoms with Crippen molar-refractivity contribution in [2.45, 2.75) is 77.6 Å². The van der Waals surface area contributed by atoms with Crippen molar-refractivity contribution in [3.8, 4) is 0 Å². The molecule has 2 bridgehead atoms. The molecule has 0 aromatic carbocycles. The Morgan fingerprint density at radius 1 is 1.19 bits per heavy atom. The molecule has 122 valence electrons. The van der Waals surface area contributed by atoms with Crippen molar-refractivity contribution in [3.05, 3.63) is 0 Å². The summed E-state index contributed by atoms with van der Waals surface area (Å²) in [7, 11) is 2.07. The van der Waals surface area contributed by atoms with E-state index in [0.717, 1.165) is 13.0 Å². The van der Waals surface area contributed by atoms with Gasteiger partial charge in [-0.3, -0.25) is 14.5 Å². The summed E-state index contributed by atoms with van der Waals surface area (Å²) in [4.78, 5) is 25.7. The van der Waals surface area contributed by atoms with E-state index >= 15 is 0 Å². The van der Waals surface area contributed by atoms with E-state index in [0.29, 0.717) is 24.5 Å². The van der Waals surface area contributed by atoms with Gasteiger partial charge in [0.2, 0.25) is 5.91 Å². The van der Waals surface area contributed by atoms with Gasteiger partial charge in [0.25, 0.3) is 6.47 Å².